The lowest BCUT2D eigenvalue weighted by molar-refractivity contribution is 0.423. The third-order valence-electron chi connectivity index (χ3n) is 3.29. The smallest absolute Gasteiger partial charge is 0.244 e. The Morgan fingerprint density at radius 2 is 1.77 bits per heavy atom. The van der Waals surface area contributed by atoms with Gasteiger partial charge in [-0.25, -0.2) is 8.42 Å². The number of aryl methyl sites for hydroxylation is 1. The molecule has 0 unspecified atom stereocenters. The zero-order valence-electron chi connectivity index (χ0n) is 12.3. The standard InChI is InChI=1S/C15H16Cl2N2O2S/c1-3-19(10-12-4-6-18-7-5-12)22(20,21)15-8-11(2)13(16)9-14(15)17/h4-9H,3,10H2,1-2H3. The maximum atomic E-state index is 12.8. The number of halogens is 2. The lowest BCUT2D eigenvalue weighted by Gasteiger charge is -2.21. The minimum Gasteiger partial charge on any atom is -0.265 e. The second-order valence-corrected chi connectivity index (χ2v) is 7.54. The molecule has 2 aromatic rings. The van der Waals surface area contributed by atoms with Gasteiger partial charge in [-0.3, -0.25) is 4.98 Å². The molecular formula is C15H16Cl2N2O2S. The average molecular weight is 359 g/mol. The van der Waals surface area contributed by atoms with Gasteiger partial charge in [-0.1, -0.05) is 30.1 Å². The Hall–Kier alpha value is -1.14. The second-order valence-electron chi connectivity index (χ2n) is 4.82. The predicted molar refractivity (Wildman–Crippen MR) is 88.7 cm³/mol. The van der Waals surface area contributed by atoms with Crippen molar-refractivity contribution in [2.75, 3.05) is 6.54 Å². The molecule has 0 amide bonds. The summed E-state index contributed by atoms with van der Waals surface area (Å²) in [5.41, 5.74) is 1.53. The summed E-state index contributed by atoms with van der Waals surface area (Å²) in [7, 11) is -3.70. The van der Waals surface area contributed by atoms with E-state index in [1.807, 2.05) is 0 Å². The fourth-order valence-electron chi connectivity index (χ4n) is 2.03. The van der Waals surface area contributed by atoms with Gasteiger partial charge in [0.2, 0.25) is 10.0 Å². The molecule has 1 aromatic carbocycles. The number of nitrogens with zero attached hydrogens (tertiary/aromatic N) is 2. The molecule has 22 heavy (non-hydrogen) atoms. The van der Waals surface area contributed by atoms with Crippen LogP contribution in [0.3, 0.4) is 0 Å². The number of aromatic nitrogens is 1. The molecule has 4 nitrogen and oxygen atoms in total. The van der Waals surface area contributed by atoms with Crippen LogP contribution in [-0.2, 0) is 16.6 Å². The van der Waals surface area contributed by atoms with Gasteiger partial charge in [-0.05, 0) is 42.3 Å². The van der Waals surface area contributed by atoms with Crippen molar-refractivity contribution in [3.8, 4) is 0 Å². The number of rotatable bonds is 5. The Kier molecular flexibility index (Phi) is 5.45. The summed E-state index contributed by atoms with van der Waals surface area (Å²) in [6.45, 7) is 4.13. The van der Waals surface area contributed by atoms with E-state index in [1.54, 1.807) is 38.4 Å². The molecule has 0 bridgehead atoms. The van der Waals surface area contributed by atoms with Crippen LogP contribution in [0.4, 0.5) is 0 Å². The van der Waals surface area contributed by atoms with Crippen molar-refractivity contribution in [2.45, 2.75) is 25.3 Å². The third kappa shape index (κ3) is 3.60. The molecule has 2 rings (SSSR count). The quantitative estimate of drug-likeness (QED) is 0.813. The molecule has 0 aliphatic carbocycles. The zero-order chi connectivity index (χ0) is 16.3. The number of hydrogen-bond donors (Lipinski definition) is 0. The van der Waals surface area contributed by atoms with Gasteiger partial charge in [0.05, 0.1) is 5.02 Å². The monoisotopic (exact) mass is 358 g/mol. The van der Waals surface area contributed by atoms with E-state index in [0.29, 0.717) is 17.1 Å². The summed E-state index contributed by atoms with van der Waals surface area (Å²) >= 11 is 12.1. The minimum absolute atomic E-state index is 0.0759. The van der Waals surface area contributed by atoms with Gasteiger partial charge in [0.15, 0.2) is 0 Å². The van der Waals surface area contributed by atoms with E-state index < -0.39 is 10.0 Å². The topological polar surface area (TPSA) is 50.3 Å². The Balaban J connectivity index is 2.41. The number of sulfonamides is 1. The summed E-state index contributed by atoms with van der Waals surface area (Å²) in [6, 6.07) is 6.54. The highest BCUT2D eigenvalue weighted by Crippen LogP contribution is 2.30. The Morgan fingerprint density at radius 1 is 1.14 bits per heavy atom. The first-order valence-electron chi connectivity index (χ1n) is 6.71. The maximum absolute atomic E-state index is 12.8. The first-order chi connectivity index (χ1) is 10.4. The molecule has 0 fully saturated rings. The largest absolute Gasteiger partial charge is 0.265 e. The van der Waals surface area contributed by atoms with Crippen molar-refractivity contribution in [2.24, 2.45) is 0 Å². The van der Waals surface area contributed by atoms with E-state index in [9.17, 15) is 8.42 Å². The fourth-order valence-corrected chi connectivity index (χ4v) is 4.27. The SMILES string of the molecule is CCN(Cc1ccncc1)S(=O)(=O)c1cc(C)c(Cl)cc1Cl. The van der Waals surface area contributed by atoms with Crippen LogP contribution in [-0.4, -0.2) is 24.3 Å². The van der Waals surface area contributed by atoms with E-state index in [-0.39, 0.29) is 16.5 Å². The lowest BCUT2D eigenvalue weighted by Crippen LogP contribution is -2.30. The van der Waals surface area contributed by atoms with Crippen LogP contribution < -0.4 is 0 Å². The van der Waals surface area contributed by atoms with Gasteiger partial charge >= 0.3 is 0 Å². The van der Waals surface area contributed by atoms with Crippen molar-refractivity contribution < 1.29 is 8.42 Å². The Bertz CT molecular complexity index is 765. The molecule has 0 atom stereocenters. The van der Waals surface area contributed by atoms with Gasteiger partial charge in [0.1, 0.15) is 4.90 Å². The highest BCUT2D eigenvalue weighted by molar-refractivity contribution is 7.89. The zero-order valence-corrected chi connectivity index (χ0v) is 14.6. The summed E-state index contributed by atoms with van der Waals surface area (Å²) in [4.78, 5) is 4.01. The Morgan fingerprint density at radius 3 is 2.36 bits per heavy atom. The van der Waals surface area contributed by atoms with Gasteiger partial charge in [-0.2, -0.15) is 4.31 Å². The number of benzene rings is 1. The molecule has 0 spiro atoms. The fraction of sp³-hybridized carbons (Fsp3) is 0.267. The van der Waals surface area contributed by atoms with Crippen molar-refractivity contribution >= 4 is 33.2 Å². The molecule has 0 saturated carbocycles. The van der Waals surface area contributed by atoms with E-state index in [0.717, 1.165) is 5.56 Å². The predicted octanol–water partition coefficient (Wildman–Crippen LogP) is 3.91. The summed E-state index contributed by atoms with van der Waals surface area (Å²) in [6.07, 6.45) is 3.27. The number of pyridine rings is 1. The van der Waals surface area contributed by atoms with Crippen LogP contribution in [0.15, 0.2) is 41.6 Å². The van der Waals surface area contributed by atoms with Crippen LogP contribution in [0.25, 0.3) is 0 Å². The van der Waals surface area contributed by atoms with Crippen LogP contribution >= 0.6 is 23.2 Å². The van der Waals surface area contributed by atoms with Crippen LogP contribution in [0.1, 0.15) is 18.1 Å². The molecule has 7 heteroatoms. The van der Waals surface area contributed by atoms with Gasteiger partial charge < -0.3 is 0 Å². The van der Waals surface area contributed by atoms with Gasteiger partial charge in [-0.15, -0.1) is 0 Å². The van der Waals surface area contributed by atoms with E-state index in [4.69, 9.17) is 23.2 Å². The van der Waals surface area contributed by atoms with Crippen molar-refractivity contribution in [3.63, 3.8) is 0 Å². The second kappa shape index (κ2) is 6.96. The summed E-state index contributed by atoms with van der Waals surface area (Å²) in [5, 5.41) is 0.574. The van der Waals surface area contributed by atoms with Crippen molar-refractivity contribution in [3.05, 3.63) is 57.8 Å². The first-order valence-corrected chi connectivity index (χ1v) is 8.90. The molecule has 118 valence electrons. The van der Waals surface area contributed by atoms with Gasteiger partial charge in [0.25, 0.3) is 0 Å². The molecule has 1 aromatic heterocycles. The van der Waals surface area contributed by atoms with Crippen LogP contribution in [0.5, 0.6) is 0 Å². The van der Waals surface area contributed by atoms with Gasteiger partial charge in [0, 0.05) is 30.5 Å². The average Bonchev–Trinajstić information content (AvgIpc) is 2.49. The minimum atomic E-state index is -3.70. The molecule has 0 N–H and O–H groups in total. The highest BCUT2D eigenvalue weighted by atomic mass is 35.5. The third-order valence-corrected chi connectivity index (χ3v) is 6.08. The number of hydrogen-bond acceptors (Lipinski definition) is 3. The van der Waals surface area contributed by atoms with Crippen molar-refractivity contribution in [1.82, 2.24) is 9.29 Å². The normalized spacial score (nSPS) is 11.9. The lowest BCUT2D eigenvalue weighted by atomic mass is 10.2. The summed E-state index contributed by atoms with van der Waals surface area (Å²) in [5.74, 6) is 0. The van der Waals surface area contributed by atoms with E-state index in [2.05, 4.69) is 4.98 Å². The molecule has 1 heterocycles. The molecule has 0 saturated heterocycles. The molecule has 0 radical (unpaired) electrons. The van der Waals surface area contributed by atoms with Crippen molar-refractivity contribution in [1.29, 1.82) is 0 Å². The maximum Gasteiger partial charge on any atom is 0.244 e. The summed E-state index contributed by atoms with van der Waals surface area (Å²) < 4.78 is 27.0. The van der Waals surface area contributed by atoms with Crippen LogP contribution in [0.2, 0.25) is 10.0 Å². The highest BCUT2D eigenvalue weighted by Gasteiger charge is 2.26. The molecule has 0 aliphatic rings. The molecular weight excluding hydrogens is 343 g/mol. The van der Waals surface area contributed by atoms with Crippen LogP contribution in [0, 0.1) is 6.92 Å². The first kappa shape index (κ1) is 17.2. The van der Waals surface area contributed by atoms with E-state index in [1.165, 1.54) is 16.4 Å². The van der Waals surface area contributed by atoms with E-state index >= 15 is 0 Å². The Labute approximate surface area is 140 Å². The molecule has 0 aliphatic heterocycles.